The summed E-state index contributed by atoms with van der Waals surface area (Å²) < 4.78 is 5.32. The molecule has 1 aliphatic heterocycles. The van der Waals surface area contributed by atoms with Crippen LogP contribution >= 0.6 is 0 Å². The number of amides is 1. The fourth-order valence-electron chi connectivity index (χ4n) is 2.48. The van der Waals surface area contributed by atoms with Crippen molar-refractivity contribution in [3.8, 4) is 11.8 Å². The highest BCUT2D eigenvalue weighted by Gasteiger charge is 2.09. The molecule has 0 atom stereocenters. The number of rotatable bonds is 5. The summed E-state index contributed by atoms with van der Waals surface area (Å²) in [6.45, 7) is 5.16. The standard InChI is InChI=1S/C18H20N6O3/c25-18(26)23-16-9-14(10-19-13-16)1-2-15-11-21-17(22-12-15)20-3-4-24-5-7-27-8-6-24/h9-13,23H,3-8H2,(H,25,26)(H,20,21,22). The van der Waals surface area contributed by atoms with Crippen molar-refractivity contribution in [2.24, 2.45) is 0 Å². The van der Waals surface area contributed by atoms with Gasteiger partial charge >= 0.3 is 6.09 Å². The van der Waals surface area contributed by atoms with Crippen LogP contribution in [0.5, 0.6) is 0 Å². The number of pyridine rings is 1. The van der Waals surface area contributed by atoms with Crippen molar-refractivity contribution in [3.63, 3.8) is 0 Å². The molecule has 0 spiro atoms. The number of ether oxygens (including phenoxy) is 1. The van der Waals surface area contributed by atoms with Gasteiger partial charge in [0.1, 0.15) is 0 Å². The molecule has 3 heterocycles. The average molecular weight is 368 g/mol. The fourth-order valence-corrected chi connectivity index (χ4v) is 2.48. The Balaban J connectivity index is 1.52. The van der Waals surface area contributed by atoms with Crippen LogP contribution in [0.4, 0.5) is 16.4 Å². The zero-order valence-corrected chi connectivity index (χ0v) is 14.7. The summed E-state index contributed by atoms with van der Waals surface area (Å²) in [4.78, 5) is 25.5. The van der Waals surface area contributed by atoms with Crippen LogP contribution in [0.1, 0.15) is 11.1 Å². The van der Waals surface area contributed by atoms with Crippen molar-refractivity contribution in [2.45, 2.75) is 0 Å². The van der Waals surface area contributed by atoms with Crippen LogP contribution in [0.15, 0.2) is 30.9 Å². The molecule has 0 bridgehead atoms. The van der Waals surface area contributed by atoms with E-state index in [-0.39, 0.29) is 0 Å². The minimum Gasteiger partial charge on any atom is -0.465 e. The Hall–Kier alpha value is -3.22. The van der Waals surface area contributed by atoms with E-state index in [0.29, 0.717) is 22.8 Å². The molecule has 27 heavy (non-hydrogen) atoms. The van der Waals surface area contributed by atoms with Gasteiger partial charge < -0.3 is 15.2 Å². The second kappa shape index (κ2) is 9.47. The molecule has 1 aliphatic rings. The molecule has 1 amide bonds. The van der Waals surface area contributed by atoms with Gasteiger partial charge in [0.2, 0.25) is 5.95 Å². The van der Waals surface area contributed by atoms with E-state index in [9.17, 15) is 4.79 Å². The number of carboxylic acid groups (broad SMARTS) is 1. The molecule has 0 radical (unpaired) electrons. The summed E-state index contributed by atoms with van der Waals surface area (Å²) in [5, 5.41) is 14.2. The Bertz CT molecular complexity index is 825. The molecule has 0 unspecified atom stereocenters. The van der Waals surface area contributed by atoms with Crippen LogP contribution in [-0.4, -0.2) is 70.4 Å². The van der Waals surface area contributed by atoms with Gasteiger partial charge in [-0.05, 0) is 6.07 Å². The molecule has 0 saturated carbocycles. The summed E-state index contributed by atoms with van der Waals surface area (Å²) in [6.07, 6.45) is 5.11. The maximum atomic E-state index is 10.7. The molecule has 140 valence electrons. The number of aromatic nitrogens is 3. The highest BCUT2D eigenvalue weighted by atomic mass is 16.5. The van der Waals surface area contributed by atoms with Crippen LogP contribution < -0.4 is 10.6 Å². The lowest BCUT2D eigenvalue weighted by Crippen LogP contribution is -2.39. The Labute approximate surface area is 156 Å². The molecule has 9 nitrogen and oxygen atoms in total. The second-order valence-electron chi connectivity index (χ2n) is 5.82. The molecule has 2 aromatic rings. The number of morpholine rings is 1. The predicted molar refractivity (Wildman–Crippen MR) is 99.6 cm³/mol. The summed E-state index contributed by atoms with van der Waals surface area (Å²) >= 11 is 0. The van der Waals surface area contributed by atoms with Crippen LogP contribution in [0.3, 0.4) is 0 Å². The third kappa shape index (κ3) is 6.22. The number of nitrogens with one attached hydrogen (secondary N) is 2. The van der Waals surface area contributed by atoms with E-state index in [1.54, 1.807) is 24.7 Å². The first-order valence-electron chi connectivity index (χ1n) is 8.52. The molecule has 0 aliphatic carbocycles. The highest BCUT2D eigenvalue weighted by molar-refractivity contribution is 5.82. The number of hydrogen-bond donors (Lipinski definition) is 3. The van der Waals surface area contributed by atoms with Gasteiger partial charge in [-0.1, -0.05) is 11.8 Å². The van der Waals surface area contributed by atoms with E-state index >= 15 is 0 Å². The first-order chi connectivity index (χ1) is 13.2. The molecular weight excluding hydrogens is 348 g/mol. The summed E-state index contributed by atoms with van der Waals surface area (Å²) in [5.74, 6) is 6.41. The molecule has 2 aromatic heterocycles. The Kier molecular flexibility index (Phi) is 6.51. The molecule has 3 N–H and O–H groups in total. The molecule has 1 saturated heterocycles. The monoisotopic (exact) mass is 368 g/mol. The van der Waals surface area contributed by atoms with Gasteiger partial charge in [0.15, 0.2) is 0 Å². The van der Waals surface area contributed by atoms with Gasteiger partial charge in [-0.2, -0.15) is 0 Å². The van der Waals surface area contributed by atoms with Crippen LogP contribution in [0.2, 0.25) is 0 Å². The molecule has 1 fully saturated rings. The van der Waals surface area contributed by atoms with Gasteiger partial charge in [0.25, 0.3) is 0 Å². The topological polar surface area (TPSA) is 112 Å². The number of hydrogen-bond acceptors (Lipinski definition) is 7. The molecular formula is C18H20N6O3. The second-order valence-corrected chi connectivity index (χ2v) is 5.82. The first kappa shape index (κ1) is 18.6. The highest BCUT2D eigenvalue weighted by Crippen LogP contribution is 2.07. The van der Waals surface area contributed by atoms with Gasteiger partial charge in [-0.3, -0.25) is 15.2 Å². The van der Waals surface area contributed by atoms with Crippen LogP contribution in [0.25, 0.3) is 0 Å². The first-order valence-corrected chi connectivity index (χ1v) is 8.52. The van der Waals surface area contributed by atoms with E-state index in [4.69, 9.17) is 9.84 Å². The Morgan fingerprint density at radius 3 is 2.63 bits per heavy atom. The van der Waals surface area contributed by atoms with E-state index in [2.05, 4.69) is 42.3 Å². The Morgan fingerprint density at radius 2 is 1.89 bits per heavy atom. The lowest BCUT2D eigenvalue weighted by atomic mass is 10.2. The van der Waals surface area contributed by atoms with Crippen molar-refractivity contribution in [1.82, 2.24) is 19.9 Å². The lowest BCUT2D eigenvalue weighted by molar-refractivity contribution is 0.0398. The summed E-state index contributed by atoms with van der Waals surface area (Å²) in [7, 11) is 0. The molecule has 0 aromatic carbocycles. The lowest BCUT2D eigenvalue weighted by Gasteiger charge is -2.26. The summed E-state index contributed by atoms with van der Waals surface area (Å²) in [6, 6.07) is 1.61. The minimum absolute atomic E-state index is 0.366. The third-order valence-corrected chi connectivity index (χ3v) is 3.81. The Morgan fingerprint density at radius 1 is 1.15 bits per heavy atom. The van der Waals surface area contributed by atoms with Gasteiger partial charge in [-0.25, -0.2) is 14.8 Å². The van der Waals surface area contributed by atoms with Crippen LogP contribution in [-0.2, 0) is 4.74 Å². The van der Waals surface area contributed by atoms with Gasteiger partial charge in [0.05, 0.1) is 30.7 Å². The van der Waals surface area contributed by atoms with E-state index in [1.165, 1.54) is 6.20 Å². The van der Waals surface area contributed by atoms with Crippen molar-refractivity contribution in [1.29, 1.82) is 0 Å². The third-order valence-electron chi connectivity index (χ3n) is 3.81. The van der Waals surface area contributed by atoms with Crippen molar-refractivity contribution < 1.29 is 14.6 Å². The average Bonchev–Trinajstić information content (AvgIpc) is 2.68. The van der Waals surface area contributed by atoms with E-state index < -0.39 is 6.09 Å². The van der Waals surface area contributed by atoms with Crippen LogP contribution in [0, 0.1) is 11.8 Å². The van der Waals surface area contributed by atoms with Crippen molar-refractivity contribution in [2.75, 3.05) is 50.0 Å². The van der Waals surface area contributed by atoms with Gasteiger partial charge in [-0.15, -0.1) is 0 Å². The minimum atomic E-state index is -1.15. The summed E-state index contributed by atoms with van der Waals surface area (Å²) in [5.41, 5.74) is 1.62. The normalized spacial score (nSPS) is 14.1. The molecule has 3 rings (SSSR count). The number of carbonyl (C=O) groups is 1. The molecule has 9 heteroatoms. The van der Waals surface area contributed by atoms with E-state index in [0.717, 1.165) is 39.4 Å². The van der Waals surface area contributed by atoms with E-state index in [1.807, 2.05) is 0 Å². The number of anilines is 2. The zero-order valence-electron chi connectivity index (χ0n) is 14.7. The predicted octanol–water partition coefficient (Wildman–Crippen LogP) is 1.11. The SMILES string of the molecule is O=C(O)Nc1cncc(C#Cc2cnc(NCCN3CCOCC3)nc2)c1. The smallest absolute Gasteiger partial charge is 0.409 e. The number of nitrogens with zero attached hydrogens (tertiary/aromatic N) is 4. The maximum absolute atomic E-state index is 10.7. The zero-order chi connectivity index (χ0) is 18.9. The quantitative estimate of drug-likeness (QED) is 0.673. The maximum Gasteiger partial charge on any atom is 0.409 e. The van der Waals surface area contributed by atoms with Crippen molar-refractivity contribution in [3.05, 3.63) is 42.0 Å². The van der Waals surface area contributed by atoms with Crippen molar-refractivity contribution >= 4 is 17.7 Å². The largest absolute Gasteiger partial charge is 0.465 e. The van der Waals surface area contributed by atoms with Gasteiger partial charge in [0, 0.05) is 50.3 Å². The fraction of sp³-hybridized carbons (Fsp3) is 0.333.